The molecule has 4 heteroatoms. The molecule has 0 radical (unpaired) electrons. The van der Waals surface area contributed by atoms with Gasteiger partial charge in [0.05, 0.1) is 17.9 Å². The Morgan fingerprint density at radius 3 is 2.76 bits per heavy atom. The van der Waals surface area contributed by atoms with Crippen molar-refractivity contribution in [1.29, 1.82) is 0 Å². The maximum absolute atomic E-state index is 11.1. The van der Waals surface area contributed by atoms with Crippen molar-refractivity contribution in [3.8, 4) is 0 Å². The van der Waals surface area contributed by atoms with Gasteiger partial charge in [0, 0.05) is 5.56 Å². The lowest BCUT2D eigenvalue weighted by Gasteiger charge is -2.62. The molecule has 3 saturated carbocycles. The van der Waals surface area contributed by atoms with E-state index in [2.05, 4.69) is 25.6 Å². The van der Waals surface area contributed by atoms with E-state index in [1.807, 2.05) is 0 Å². The largest absolute Gasteiger partial charge is 0.390 e. The predicted molar refractivity (Wildman–Crippen MR) is 93.7 cm³/mol. The summed E-state index contributed by atoms with van der Waals surface area (Å²) in [5.74, 6) is 1.14. The number of fused-ring (bicyclic) bond motifs is 6. The van der Waals surface area contributed by atoms with Crippen molar-refractivity contribution < 1.29 is 14.7 Å². The van der Waals surface area contributed by atoms with E-state index < -0.39 is 12.2 Å². The molecule has 4 nitrogen and oxygen atoms in total. The molecule has 1 aromatic heterocycles. The van der Waals surface area contributed by atoms with Crippen molar-refractivity contribution in [2.75, 3.05) is 0 Å². The van der Waals surface area contributed by atoms with Crippen molar-refractivity contribution in [2.24, 2.45) is 34.5 Å². The molecule has 8 atom stereocenters. The summed E-state index contributed by atoms with van der Waals surface area (Å²) in [6.07, 6.45) is 6.58. The van der Waals surface area contributed by atoms with E-state index in [9.17, 15) is 10.2 Å². The van der Waals surface area contributed by atoms with Crippen LogP contribution in [0.4, 0.5) is 0 Å². The van der Waals surface area contributed by atoms with Crippen LogP contribution in [-0.4, -0.2) is 27.6 Å². The zero-order valence-corrected chi connectivity index (χ0v) is 15.2. The van der Waals surface area contributed by atoms with Gasteiger partial charge in [-0.3, -0.25) is 0 Å². The summed E-state index contributed by atoms with van der Waals surface area (Å²) in [4.78, 5) is 0. The number of rotatable bonds is 0. The van der Waals surface area contributed by atoms with Crippen LogP contribution in [0.25, 0.3) is 0 Å². The molecular formula is C21H29NO3. The lowest BCUT2D eigenvalue weighted by Crippen LogP contribution is -2.64. The van der Waals surface area contributed by atoms with E-state index in [-0.39, 0.29) is 22.7 Å². The summed E-state index contributed by atoms with van der Waals surface area (Å²) in [6, 6.07) is 0. The van der Waals surface area contributed by atoms with Gasteiger partial charge in [-0.25, -0.2) is 0 Å². The minimum Gasteiger partial charge on any atom is -0.390 e. The molecule has 5 unspecified atom stereocenters. The molecule has 4 aliphatic carbocycles. The Balaban J connectivity index is 1.59. The fourth-order valence-corrected chi connectivity index (χ4v) is 7.31. The van der Waals surface area contributed by atoms with Crippen LogP contribution in [0.3, 0.4) is 0 Å². The standard InChI is InChI=1S/C21H29NO3/c1-11-4-5-13-17-14(6-7-20(11,13)2)21(3)9-12-10-25-22-16(12)8-15(21)18(23)19(17)24/h10,13-15,17-19,23-24H,1,4-9H2,2-3H3/t13?,14?,15?,17?,18-,19?,20-,21-/m1/s1. The molecule has 1 aromatic rings. The Hall–Kier alpha value is -1.13. The summed E-state index contributed by atoms with van der Waals surface area (Å²) in [5.41, 5.74) is 3.68. The lowest BCUT2D eigenvalue weighted by atomic mass is 9.44. The highest BCUT2D eigenvalue weighted by Gasteiger charge is 2.64. The summed E-state index contributed by atoms with van der Waals surface area (Å²) in [5, 5.41) is 26.4. The Kier molecular flexibility index (Phi) is 3.20. The molecule has 0 spiro atoms. The monoisotopic (exact) mass is 343 g/mol. The normalized spacial score (nSPS) is 51.4. The molecule has 2 N–H and O–H groups in total. The third-order valence-corrected chi connectivity index (χ3v) is 8.85. The van der Waals surface area contributed by atoms with Gasteiger partial charge in [0.1, 0.15) is 6.26 Å². The highest BCUT2D eigenvalue weighted by atomic mass is 16.5. The molecule has 0 aliphatic heterocycles. The predicted octanol–water partition coefficient (Wildman–Crippen LogP) is 3.13. The molecule has 0 bridgehead atoms. The molecule has 3 fully saturated rings. The van der Waals surface area contributed by atoms with Gasteiger partial charge in [0.15, 0.2) is 0 Å². The van der Waals surface area contributed by atoms with Crippen LogP contribution in [0.5, 0.6) is 0 Å². The minimum absolute atomic E-state index is 0.00706. The molecule has 0 aromatic carbocycles. The van der Waals surface area contributed by atoms with Gasteiger partial charge < -0.3 is 14.7 Å². The Bertz CT molecular complexity index is 726. The van der Waals surface area contributed by atoms with Crippen LogP contribution in [0, 0.1) is 34.5 Å². The molecule has 1 heterocycles. The topological polar surface area (TPSA) is 66.5 Å². The number of aliphatic hydroxyl groups excluding tert-OH is 2. The van der Waals surface area contributed by atoms with E-state index in [1.165, 1.54) is 17.6 Å². The number of allylic oxidation sites excluding steroid dienone is 1. The Morgan fingerprint density at radius 1 is 1.16 bits per heavy atom. The van der Waals surface area contributed by atoms with Crippen molar-refractivity contribution >= 4 is 0 Å². The number of aliphatic hydroxyl groups is 2. The quantitative estimate of drug-likeness (QED) is 0.710. The van der Waals surface area contributed by atoms with E-state index in [1.54, 1.807) is 6.26 Å². The smallest absolute Gasteiger partial charge is 0.127 e. The second kappa shape index (κ2) is 4.98. The van der Waals surface area contributed by atoms with Crippen LogP contribution < -0.4 is 0 Å². The van der Waals surface area contributed by atoms with Crippen LogP contribution in [-0.2, 0) is 12.8 Å². The zero-order valence-electron chi connectivity index (χ0n) is 15.2. The SMILES string of the molecule is C=C1CCC2C3C(O)[C@H](O)C4Cc5nocc5C[C@]4(C)C3CC[C@]12C. The van der Waals surface area contributed by atoms with E-state index in [0.29, 0.717) is 11.8 Å². The third-order valence-electron chi connectivity index (χ3n) is 8.85. The molecule has 5 rings (SSSR count). The van der Waals surface area contributed by atoms with Crippen LogP contribution >= 0.6 is 0 Å². The molecule has 25 heavy (non-hydrogen) atoms. The summed E-state index contributed by atoms with van der Waals surface area (Å²) in [6.45, 7) is 9.03. The van der Waals surface area contributed by atoms with Crippen LogP contribution in [0.2, 0.25) is 0 Å². The molecule has 0 amide bonds. The van der Waals surface area contributed by atoms with Crippen LogP contribution in [0.1, 0.15) is 50.8 Å². The van der Waals surface area contributed by atoms with Crippen molar-refractivity contribution in [3.63, 3.8) is 0 Å². The molecule has 4 aliphatic rings. The fourth-order valence-electron chi connectivity index (χ4n) is 7.31. The van der Waals surface area contributed by atoms with Crippen molar-refractivity contribution in [2.45, 2.75) is 64.6 Å². The van der Waals surface area contributed by atoms with Crippen molar-refractivity contribution in [1.82, 2.24) is 5.16 Å². The highest BCUT2D eigenvalue weighted by Crippen LogP contribution is 2.66. The first-order valence-corrected chi connectivity index (χ1v) is 9.83. The molecule has 0 saturated heterocycles. The number of nitrogens with zero attached hydrogens (tertiary/aromatic N) is 1. The zero-order chi connectivity index (χ0) is 17.6. The number of aromatic nitrogens is 1. The first-order chi connectivity index (χ1) is 11.9. The van der Waals surface area contributed by atoms with Gasteiger partial charge in [0.2, 0.25) is 0 Å². The summed E-state index contributed by atoms with van der Waals surface area (Å²) >= 11 is 0. The second-order valence-corrected chi connectivity index (χ2v) is 9.65. The maximum atomic E-state index is 11.1. The van der Waals surface area contributed by atoms with Gasteiger partial charge in [-0.2, -0.15) is 0 Å². The first kappa shape index (κ1) is 16.1. The second-order valence-electron chi connectivity index (χ2n) is 9.65. The van der Waals surface area contributed by atoms with E-state index in [4.69, 9.17) is 4.52 Å². The Labute approximate surface area is 149 Å². The number of hydrogen-bond donors (Lipinski definition) is 2. The van der Waals surface area contributed by atoms with Crippen molar-refractivity contribution in [3.05, 3.63) is 29.7 Å². The third kappa shape index (κ3) is 1.88. The summed E-state index contributed by atoms with van der Waals surface area (Å²) in [7, 11) is 0. The van der Waals surface area contributed by atoms with Gasteiger partial charge in [0.25, 0.3) is 0 Å². The average molecular weight is 343 g/mol. The minimum atomic E-state index is -0.674. The maximum Gasteiger partial charge on any atom is 0.127 e. The van der Waals surface area contributed by atoms with Gasteiger partial charge in [-0.05, 0) is 73.0 Å². The number of hydrogen-bond acceptors (Lipinski definition) is 4. The van der Waals surface area contributed by atoms with E-state index in [0.717, 1.165) is 37.8 Å². The summed E-state index contributed by atoms with van der Waals surface area (Å²) < 4.78 is 5.21. The van der Waals surface area contributed by atoms with Gasteiger partial charge in [-0.15, -0.1) is 0 Å². The average Bonchev–Trinajstić information content (AvgIpc) is 3.15. The lowest BCUT2D eigenvalue weighted by molar-refractivity contribution is -0.201. The van der Waals surface area contributed by atoms with E-state index >= 15 is 0 Å². The van der Waals surface area contributed by atoms with Gasteiger partial charge >= 0.3 is 0 Å². The molecule has 136 valence electrons. The fraction of sp³-hybridized carbons (Fsp3) is 0.762. The highest BCUT2D eigenvalue weighted by molar-refractivity contribution is 5.28. The molecular weight excluding hydrogens is 314 g/mol. The first-order valence-electron chi connectivity index (χ1n) is 9.83. The Morgan fingerprint density at radius 2 is 1.96 bits per heavy atom. The van der Waals surface area contributed by atoms with Crippen LogP contribution in [0.15, 0.2) is 22.9 Å². The van der Waals surface area contributed by atoms with Gasteiger partial charge in [-0.1, -0.05) is 31.2 Å².